The van der Waals surface area contributed by atoms with Crippen LogP contribution in [-0.4, -0.2) is 37.1 Å². The van der Waals surface area contributed by atoms with E-state index in [1.54, 1.807) is 0 Å². The van der Waals surface area contributed by atoms with E-state index in [2.05, 4.69) is 41.8 Å². The van der Waals surface area contributed by atoms with Gasteiger partial charge in [-0.15, -0.1) is 0 Å². The van der Waals surface area contributed by atoms with Crippen molar-refractivity contribution >= 4 is 5.69 Å². The van der Waals surface area contributed by atoms with Crippen molar-refractivity contribution in [2.45, 2.75) is 57.8 Å². The van der Waals surface area contributed by atoms with Gasteiger partial charge in [-0.1, -0.05) is 6.07 Å². The van der Waals surface area contributed by atoms with Crippen molar-refractivity contribution in [1.29, 1.82) is 0 Å². The lowest BCUT2D eigenvalue weighted by Crippen LogP contribution is -2.45. The molecule has 120 valence electrons. The second kappa shape index (κ2) is 5.54. The van der Waals surface area contributed by atoms with Crippen molar-refractivity contribution in [1.82, 2.24) is 4.90 Å². The Hall–Kier alpha value is -1.06. The Morgan fingerprint density at radius 1 is 1.05 bits per heavy atom. The van der Waals surface area contributed by atoms with Crippen LogP contribution in [0.5, 0.6) is 0 Å². The predicted octanol–water partition coefficient (Wildman–Crippen LogP) is 3.52. The molecule has 3 heteroatoms. The molecule has 1 aromatic carbocycles. The van der Waals surface area contributed by atoms with Crippen LogP contribution in [0.25, 0.3) is 0 Å². The van der Waals surface area contributed by atoms with Crippen molar-refractivity contribution in [3.8, 4) is 0 Å². The molecule has 0 aliphatic carbocycles. The Balaban J connectivity index is 1.55. The first kappa shape index (κ1) is 14.5. The molecule has 22 heavy (non-hydrogen) atoms. The molecule has 0 amide bonds. The molecule has 3 aliphatic rings. The summed E-state index contributed by atoms with van der Waals surface area (Å²) in [7, 11) is 0. The third-order valence-electron chi connectivity index (χ3n) is 5.89. The fourth-order valence-electron chi connectivity index (χ4n) is 4.42. The van der Waals surface area contributed by atoms with Crippen LogP contribution in [0.1, 0.15) is 50.7 Å². The minimum absolute atomic E-state index is 0.00423. The van der Waals surface area contributed by atoms with Crippen LogP contribution in [0.4, 0.5) is 5.69 Å². The van der Waals surface area contributed by atoms with Crippen LogP contribution in [-0.2, 0) is 16.9 Å². The lowest BCUT2D eigenvalue weighted by molar-refractivity contribution is -0.0825. The van der Waals surface area contributed by atoms with Crippen LogP contribution in [0.3, 0.4) is 0 Å². The summed E-state index contributed by atoms with van der Waals surface area (Å²) in [5, 5.41) is 0. The number of fused-ring (bicyclic) bond motifs is 2. The van der Waals surface area contributed by atoms with E-state index < -0.39 is 0 Å². The van der Waals surface area contributed by atoms with Gasteiger partial charge in [0.15, 0.2) is 0 Å². The number of nitrogens with zero attached hydrogens (tertiary/aromatic N) is 2. The van der Waals surface area contributed by atoms with Gasteiger partial charge in [0.2, 0.25) is 0 Å². The van der Waals surface area contributed by atoms with Gasteiger partial charge in [0.1, 0.15) is 0 Å². The smallest absolute Gasteiger partial charge is 0.0963 e. The lowest BCUT2D eigenvalue weighted by Gasteiger charge is -2.41. The van der Waals surface area contributed by atoms with Crippen molar-refractivity contribution in [2.24, 2.45) is 0 Å². The molecular weight excluding hydrogens is 272 g/mol. The molecule has 0 radical (unpaired) electrons. The molecule has 1 aromatic rings. The van der Waals surface area contributed by atoms with E-state index in [4.69, 9.17) is 4.74 Å². The molecule has 0 N–H and O–H groups in total. The molecule has 0 unspecified atom stereocenters. The first-order valence-corrected chi connectivity index (χ1v) is 8.94. The van der Waals surface area contributed by atoms with Crippen molar-refractivity contribution in [3.63, 3.8) is 0 Å². The van der Waals surface area contributed by atoms with Gasteiger partial charge >= 0.3 is 0 Å². The summed E-state index contributed by atoms with van der Waals surface area (Å²) in [4.78, 5) is 5.10. The molecule has 4 rings (SSSR count). The second-order valence-electron chi connectivity index (χ2n) is 7.45. The number of piperidine rings is 1. The largest absolute Gasteiger partial charge is 0.372 e. The predicted molar refractivity (Wildman–Crippen MR) is 90.3 cm³/mol. The highest BCUT2D eigenvalue weighted by molar-refractivity contribution is 5.53. The first-order valence-electron chi connectivity index (χ1n) is 8.94. The molecule has 0 aromatic heterocycles. The Bertz CT molecular complexity index is 540. The van der Waals surface area contributed by atoms with Crippen molar-refractivity contribution in [3.05, 3.63) is 29.3 Å². The summed E-state index contributed by atoms with van der Waals surface area (Å²) in [6, 6.07) is 7.73. The van der Waals surface area contributed by atoms with Crippen molar-refractivity contribution < 1.29 is 4.74 Å². The quantitative estimate of drug-likeness (QED) is 0.831. The SMILES string of the molecule is CC(C)N1CCC2(CC1)OCc1cc(N3CCCC3)ccc12. The van der Waals surface area contributed by atoms with E-state index >= 15 is 0 Å². The zero-order valence-electron chi connectivity index (χ0n) is 14.0. The van der Waals surface area contributed by atoms with Crippen LogP contribution < -0.4 is 4.90 Å². The van der Waals surface area contributed by atoms with E-state index in [1.807, 2.05) is 0 Å². The number of hydrogen-bond donors (Lipinski definition) is 0. The Labute approximate surface area is 134 Å². The fourth-order valence-corrected chi connectivity index (χ4v) is 4.42. The maximum absolute atomic E-state index is 6.35. The van der Waals surface area contributed by atoms with Gasteiger partial charge in [0.05, 0.1) is 12.2 Å². The van der Waals surface area contributed by atoms with Gasteiger partial charge < -0.3 is 14.5 Å². The Morgan fingerprint density at radius 2 is 1.77 bits per heavy atom. The Kier molecular flexibility index (Phi) is 3.66. The maximum Gasteiger partial charge on any atom is 0.0963 e. The summed E-state index contributed by atoms with van der Waals surface area (Å²) in [5.41, 5.74) is 4.31. The average Bonchev–Trinajstić information content (AvgIpc) is 3.17. The number of ether oxygens (including phenoxy) is 1. The summed E-state index contributed by atoms with van der Waals surface area (Å²) < 4.78 is 6.35. The topological polar surface area (TPSA) is 15.7 Å². The van der Waals surface area contributed by atoms with Gasteiger partial charge in [0, 0.05) is 37.9 Å². The first-order chi connectivity index (χ1) is 10.7. The number of likely N-dealkylation sites (tertiary alicyclic amines) is 1. The van der Waals surface area contributed by atoms with Crippen LogP contribution in [0.2, 0.25) is 0 Å². The summed E-state index contributed by atoms with van der Waals surface area (Å²) in [6.07, 6.45) is 4.95. The van der Waals surface area contributed by atoms with Gasteiger partial charge in [-0.25, -0.2) is 0 Å². The second-order valence-corrected chi connectivity index (χ2v) is 7.45. The molecule has 3 aliphatic heterocycles. The van der Waals surface area contributed by atoms with Gasteiger partial charge in [-0.3, -0.25) is 0 Å². The molecule has 3 nitrogen and oxygen atoms in total. The highest BCUT2D eigenvalue weighted by atomic mass is 16.5. The third kappa shape index (κ3) is 2.35. The molecule has 0 saturated carbocycles. The monoisotopic (exact) mass is 300 g/mol. The van der Waals surface area contributed by atoms with E-state index in [0.29, 0.717) is 6.04 Å². The number of rotatable bonds is 2. The van der Waals surface area contributed by atoms with Gasteiger partial charge in [-0.2, -0.15) is 0 Å². The molecule has 2 saturated heterocycles. The molecule has 1 spiro atoms. The molecule has 0 bridgehead atoms. The van der Waals surface area contributed by atoms with Crippen LogP contribution in [0.15, 0.2) is 18.2 Å². The molecular formula is C19H28N2O. The number of hydrogen-bond acceptors (Lipinski definition) is 3. The van der Waals surface area contributed by atoms with Crippen LogP contribution >= 0.6 is 0 Å². The zero-order chi connectivity index (χ0) is 15.2. The standard InChI is InChI=1S/C19H28N2O/c1-15(2)20-11-7-19(8-12-20)18-6-5-17(13-16(18)14-22-19)21-9-3-4-10-21/h5-6,13,15H,3-4,7-12,14H2,1-2H3. The van der Waals surface area contributed by atoms with Gasteiger partial charge in [0.25, 0.3) is 0 Å². The summed E-state index contributed by atoms with van der Waals surface area (Å²) in [5.74, 6) is 0. The minimum atomic E-state index is 0.00423. The van der Waals surface area contributed by atoms with E-state index in [1.165, 1.54) is 42.7 Å². The third-order valence-corrected chi connectivity index (χ3v) is 5.89. The zero-order valence-corrected chi connectivity index (χ0v) is 14.0. The number of anilines is 1. The molecule has 3 heterocycles. The minimum Gasteiger partial charge on any atom is -0.372 e. The highest BCUT2D eigenvalue weighted by Crippen LogP contribution is 2.45. The molecule has 2 fully saturated rings. The van der Waals surface area contributed by atoms with Crippen LogP contribution in [0, 0.1) is 0 Å². The van der Waals surface area contributed by atoms with Gasteiger partial charge in [-0.05, 0) is 62.8 Å². The summed E-state index contributed by atoms with van der Waals surface area (Å²) >= 11 is 0. The average molecular weight is 300 g/mol. The van der Waals surface area contributed by atoms with Crippen molar-refractivity contribution in [2.75, 3.05) is 31.1 Å². The van der Waals surface area contributed by atoms with E-state index in [-0.39, 0.29) is 5.60 Å². The molecule has 0 atom stereocenters. The fraction of sp³-hybridized carbons (Fsp3) is 0.684. The highest BCUT2D eigenvalue weighted by Gasteiger charge is 2.43. The van der Waals surface area contributed by atoms with E-state index in [0.717, 1.165) is 32.5 Å². The van der Waals surface area contributed by atoms with E-state index in [9.17, 15) is 0 Å². The number of benzene rings is 1. The summed E-state index contributed by atoms with van der Waals surface area (Å²) in [6.45, 7) is 10.1. The Morgan fingerprint density at radius 3 is 2.45 bits per heavy atom. The maximum atomic E-state index is 6.35. The normalized spacial score (nSPS) is 24.4. The lowest BCUT2D eigenvalue weighted by atomic mass is 9.83.